The molecule has 39 heavy (non-hydrogen) atoms. The lowest BCUT2D eigenvalue weighted by Crippen LogP contribution is -2.62. The van der Waals surface area contributed by atoms with Crippen LogP contribution in [0.1, 0.15) is 104 Å². The van der Waals surface area contributed by atoms with Crippen molar-refractivity contribution in [2.75, 3.05) is 19.8 Å². The van der Waals surface area contributed by atoms with Crippen molar-refractivity contribution in [3.63, 3.8) is 0 Å². The summed E-state index contributed by atoms with van der Waals surface area (Å²) in [6.07, 6.45) is 5.50. The van der Waals surface area contributed by atoms with Gasteiger partial charge in [-0.05, 0) is 6.42 Å². The number of unbranched alkanes of at least 4 members (excludes halogenated alkanes) is 12. The Bertz CT molecular complexity index is 647. The molecule has 0 aromatic rings. The predicted octanol–water partition coefficient (Wildman–Crippen LogP) is 2.12. The van der Waals surface area contributed by atoms with Crippen molar-refractivity contribution in [2.24, 2.45) is 0 Å². The summed E-state index contributed by atoms with van der Waals surface area (Å²) in [7, 11) is 0. The topological polar surface area (TPSA) is 172 Å². The zero-order valence-corrected chi connectivity index (χ0v) is 23.7. The third-order valence-corrected chi connectivity index (χ3v) is 6.91. The van der Waals surface area contributed by atoms with Crippen molar-refractivity contribution in [2.45, 2.75) is 147 Å². The normalized spacial score (nSPS) is 24.7. The lowest BCUT2D eigenvalue weighted by Gasteiger charge is -2.42. The lowest BCUT2D eigenvalue weighted by molar-refractivity contribution is -0.310. The minimum atomic E-state index is -1.50. The average molecular weight is 565 g/mol. The SMILES string of the molecule is CCCCCCCCCCCCCCCC(=O)O[C@@H]1[C@@H](O)[C@H](CO)O[C@H](OC[C@H](O)[C@@H](O)CO)[C@H]1OC(C)=O. The molecule has 7 atom stereocenters. The summed E-state index contributed by atoms with van der Waals surface area (Å²) in [6.45, 7) is 1.49. The Kier molecular flexibility index (Phi) is 19.6. The molecule has 1 aliphatic rings. The molecule has 1 fully saturated rings. The van der Waals surface area contributed by atoms with Crippen LogP contribution in [0.3, 0.4) is 0 Å². The van der Waals surface area contributed by atoms with Gasteiger partial charge < -0.3 is 44.5 Å². The Morgan fingerprint density at radius 1 is 0.795 bits per heavy atom. The Hall–Kier alpha value is -1.34. The van der Waals surface area contributed by atoms with Gasteiger partial charge in [-0.1, -0.05) is 84.0 Å². The third-order valence-electron chi connectivity index (χ3n) is 6.91. The summed E-state index contributed by atoms with van der Waals surface area (Å²) < 4.78 is 21.6. The third kappa shape index (κ3) is 14.7. The van der Waals surface area contributed by atoms with Crippen molar-refractivity contribution >= 4 is 11.9 Å². The molecule has 1 heterocycles. The molecule has 1 aliphatic heterocycles. The average Bonchev–Trinajstić information content (AvgIpc) is 2.91. The first-order chi connectivity index (χ1) is 18.7. The first-order valence-electron chi connectivity index (χ1n) is 14.6. The van der Waals surface area contributed by atoms with Gasteiger partial charge in [-0.2, -0.15) is 0 Å². The van der Waals surface area contributed by atoms with Crippen LogP contribution in [0.25, 0.3) is 0 Å². The van der Waals surface area contributed by atoms with E-state index in [1.54, 1.807) is 0 Å². The number of carbonyl (C=O) groups is 2. The number of hydrogen-bond acceptors (Lipinski definition) is 11. The van der Waals surface area contributed by atoms with Crippen LogP contribution in [0.2, 0.25) is 0 Å². The molecule has 11 heteroatoms. The number of hydrogen-bond donors (Lipinski definition) is 5. The molecule has 0 aliphatic carbocycles. The zero-order chi connectivity index (χ0) is 29.0. The van der Waals surface area contributed by atoms with Gasteiger partial charge >= 0.3 is 11.9 Å². The fraction of sp³-hybridized carbons (Fsp3) is 0.929. The molecule has 0 saturated carbocycles. The van der Waals surface area contributed by atoms with E-state index in [1.807, 2.05) is 0 Å². The van der Waals surface area contributed by atoms with Gasteiger partial charge in [0.15, 0.2) is 18.5 Å². The molecular formula is C28H52O11. The predicted molar refractivity (Wildman–Crippen MR) is 143 cm³/mol. The van der Waals surface area contributed by atoms with Crippen LogP contribution in [-0.2, 0) is 28.5 Å². The van der Waals surface area contributed by atoms with Crippen molar-refractivity contribution in [3.8, 4) is 0 Å². The van der Waals surface area contributed by atoms with E-state index in [0.717, 1.165) is 26.2 Å². The summed E-state index contributed by atoms with van der Waals surface area (Å²) in [4.78, 5) is 24.3. The number of ether oxygens (including phenoxy) is 4. The summed E-state index contributed by atoms with van der Waals surface area (Å²) in [5.74, 6) is -1.34. The quantitative estimate of drug-likeness (QED) is 0.0963. The van der Waals surface area contributed by atoms with E-state index in [-0.39, 0.29) is 6.42 Å². The molecule has 0 spiro atoms. The van der Waals surface area contributed by atoms with Crippen molar-refractivity contribution in [1.29, 1.82) is 0 Å². The number of carbonyl (C=O) groups excluding carboxylic acids is 2. The molecule has 0 aromatic heterocycles. The highest BCUT2D eigenvalue weighted by atomic mass is 16.7. The maximum Gasteiger partial charge on any atom is 0.306 e. The van der Waals surface area contributed by atoms with E-state index in [0.29, 0.717) is 6.42 Å². The summed E-state index contributed by atoms with van der Waals surface area (Å²) in [5.41, 5.74) is 0. The maximum atomic E-state index is 12.6. The van der Waals surface area contributed by atoms with Crippen LogP contribution >= 0.6 is 0 Å². The van der Waals surface area contributed by atoms with E-state index in [1.165, 1.54) is 57.8 Å². The molecule has 0 unspecified atom stereocenters. The smallest absolute Gasteiger partial charge is 0.306 e. The Morgan fingerprint density at radius 3 is 1.82 bits per heavy atom. The molecule has 0 aromatic carbocycles. The Balaban J connectivity index is 2.47. The Labute approximate surface area is 232 Å². The highest BCUT2D eigenvalue weighted by Gasteiger charge is 2.50. The summed E-state index contributed by atoms with van der Waals surface area (Å²) in [6, 6.07) is 0. The van der Waals surface area contributed by atoms with Gasteiger partial charge in [0, 0.05) is 13.3 Å². The van der Waals surface area contributed by atoms with E-state index < -0.39 is 74.7 Å². The molecular weight excluding hydrogens is 512 g/mol. The van der Waals surface area contributed by atoms with Gasteiger partial charge in [-0.25, -0.2) is 0 Å². The van der Waals surface area contributed by atoms with Gasteiger partial charge in [0.05, 0.1) is 19.8 Å². The summed E-state index contributed by atoms with van der Waals surface area (Å²) >= 11 is 0. The van der Waals surface area contributed by atoms with Crippen molar-refractivity contribution in [1.82, 2.24) is 0 Å². The maximum absolute atomic E-state index is 12.6. The fourth-order valence-corrected chi connectivity index (χ4v) is 4.55. The zero-order valence-electron chi connectivity index (χ0n) is 23.7. The van der Waals surface area contributed by atoms with E-state index >= 15 is 0 Å². The second-order valence-corrected chi connectivity index (χ2v) is 10.4. The highest BCUT2D eigenvalue weighted by molar-refractivity contribution is 5.70. The standard InChI is InChI=1S/C28H52O11/c1-3-4-5-6-7-8-9-10-11-12-13-14-15-16-24(34)39-26-25(35)23(18-30)38-28(27(26)37-20(2)31)36-19-22(33)21(32)17-29/h21-23,25-30,32-33,35H,3-19H2,1-2H3/t21-,22-,23-,25-,26+,27-,28-/m0/s1. The first-order valence-corrected chi connectivity index (χ1v) is 14.6. The molecule has 0 amide bonds. The van der Waals surface area contributed by atoms with Gasteiger partial charge in [-0.15, -0.1) is 0 Å². The molecule has 0 radical (unpaired) electrons. The lowest BCUT2D eigenvalue weighted by atomic mass is 9.98. The van der Waals surface area contributed by atoms with Gasteiger partial charge in [-0.3, -0.25) is 9.59 Å². The number of aliphatic hydroxyl groups excluding tert-OH is 5. The molecule has 230 valence electrons. The van der Waals surface area contributed by atoms with E-state index in [4.69, 9.17) is 24.1 Å². The van der Waals surface area contributed by atoms with Crippen LogP contribution in [-0.4, -0.2) is 100 Å². The van der Waals surface area contributed by atoms with Crippen LogP contribution in [0.15, 0.2) is 0 Å². The van der Waals surface area contributed by atoms with Gasteiger partial charge in [0.1, 0.15) is 24.4 Å². The minimum absolute atomic E-state index is 0.116. The van der Waals surface area contributed by atoms with Crippen LogP contribution in [0, 0.1) is 0 Å². The molecule has 1 rings (SSSR count). The Morgan fingerprint density at radius 2 is 1.33 bits per heavy atom. The van der Waals surface area contributed by atoms with Crippen LogP contribution in [0.4, 0.5) is 0 Å². The van der Waals surface area contributed by atoms with Crippen molar-refractivity contribution < 1.29 is 54.1 Å². The first kappa shape index (κ1) is 35.7. The van der Waals surface area contributed by atoms with Crippen molar-refractivity contribution in [3.05, 3.63) is 0 Å². The second-order valence-electron chi connectivity index (χ2n) is 10.4. The highest BCUT2D eigenvalue weighted by Crippen LogP contribution is 2.28. The largest absolute Gasteiger partial charge is 0.455 e. The molecule has 11 nitrogen and oxygen atoms in total. The summed E-state index contributed by atoms with van der Waals surface area (Å²) in [5, 5.41) is 48.6. The van der Waals surface area contributed by atoms with E-state index in [9.17, 15) is 30.0 Å². The number of esters is 2. The molecule has 5 N–H and O–H groups in total. The number of rotatable bonds is 22. The minimum Gasteiger partial charge on any atom is -0.455 e. The monoisotopic (exact) mass is 564 g/mol. The van der Waals surface area contributed by atoms with Crippen LogP contribution in [0.5, 0.6) is 0 Å². The van der Waals surface area contributed by atoms with E-state index in [2.05, 4.69) is 6.92 Å². The van der Waals surface area contributed by atoms with Gasteiger partial charge in [0.25, 0.3) is 0 Å². The number of aliphatic hydroxyl groups is 5. The molecule has 1 saturated heterocycles. The van der Waals surface area contributed by atoms with Gasteiger partial charge in [0.2, 0.25) is 0 Å². The fourth-order valence-electron chi connectivity index (χ4n) is 4.55. The second kappa shape index (κ2) is 21.4. The molecule has 0 bridgehead atoms. The van der Waals surface area contributed by atoms with Crippen LogP contribution < -0.4 is 0 Å².